The van der Waals surface area contributed by atoms with Crippen LogP contribution in [0.25, 0.3) is 0 Å². The molecular formula is C7H14N2O2. The van der Waals surface area contributed by atoms with E-state index in [4.69, 9.17) is 4.84 Å². The van der Waals surface area contributed by atoms with Crippen molar-refractivity contribution in [2.75, 3.05) is 13.7 Å². The summed E-state index contributed by atoms with van der Waals surface area (Å²) >= 11 is 0. The van der Waals surface area contributed by atoms with Crippen molar-refractivity contribution in [2.45, 2.75) is 19.9 Å². The maximum Gasteiger partial charge on any atom is 0.341 e. The molecule has 0 aromatic rings. The third-order valence-corrected chi connectivity index (χ3v) is 1.93. The van der Waals surface area contributed by atoms with E-state index < -0.39 is 0 Å². The van der Waals surface area contributed by atoms with Gasteiger partial charge in [0.25, 0.3) is 0 Å². The Morgan fingerprint density at radius 3 is 2.73 bits per heavy atom. The van der Waals surface area contributed by atoms with Gasteiger partial charge in [-0.15, -0.1) is 0 Å². The van der Waals surface area contributed by atoms with Gasteiger partial charge in [-0.25, -0.2) is 4.79 Å². The smallest absolute Gasteiger partial charge is 0.334 e. The van der Waals surface area contributed by atoms with Gasteiger partial charge < -0.3 is 5.32 Å². The van der Waals surface area contributed by atoms with Crippen LogP contribution in [0.15, 0.2) is 0 Å². The largest absolute Gasteiger partial charge is 0.341 e. The lowest BCUT2D eigenvalue weighted by atomic mass is 10.1. The second-order valence-electron chi connectivity index (χ2n) is 3.01. The third kappa shape index (κ3) is 1.45. The molecule has 4 nitrogen and oxygen atoms in total. The molecule has 0 radical (unpaired) electrons. The fourth-order valence-electron chi connectivity index (χ4n) is 1.23. The molecule has 1 saturated heterocycles. The Balaban J connectivity index is 2.61. The third-order valence-electron chi connectivity index (χ3n) is 1.93. The molecule has 2 amide bonds. The minimum absolute atomic E-state index is 0.133. The Labute approximate surface area is 66.5 Å². The van der Waals surface area contributed by atoms with Crippen LogP contribution in [-0.2, 0) is 4.84 Å². The first kappa shape index (κ1) is 8.33. The van der Waals surface area contributed by atoms with Gasteiger partial charge in [0, 0.05) is 6.54 Å². The van der Waals surface area contributed by atoms with Crippen LogP contribution in [0.5, 0.6) is 0 Å². The summed E-state index contributed by atoms with van der Waals surface area (Å²) in [6.45, 7) is 4.82. The highest BCUT2D eigenvalue weighted by atomic mass is 16.7. The van der Waals surface area contributed by atoms with Crippen LogP contribution in [0.3, 0.4) is 0 Å². The average molecular weight is 158 g/mol. The molecule has 1 aliphatic heterocycles. The second kappa shape index (κ2) is 3.09. The normalized spacial score (nSPS) is 24.5. The van der Waals surface area contributed by atoms with Crippen molar-refractivity contribution in [1.82, 2.24) is 10.4 Å². The number of carbonyl (C=O) groups excluding carboxylic acids is 1. The Bertz CT molecular complexity index is 159. The quantitative estimate of drug-likeness (QED) is 0.639. The number of hydroxylamine groups is 2. The zero-order valence-corrected chi connectivity index (χ0v) is 7.13. The lowest BCUT2D eigenvalue weighted by Gasteiger charge is -2.22. The van der Waals surface area contributed by atoms with Gasteiger partial charge in [0.1, 0.15) is 0 Å². The topological polar surface area (TPSA) is 41.6 Å². The highest BCUT2D eigenvalue weighted by molar-refractivity contribution is 5.75. The standard InChI is InChI=1S/C7H14N2O2/c1-5(2)6-4-8-7(10)9(6)11-3/h5-6H,4H2,1-3H3,(H,8,10). The molecule has 1 heterocycles. The van der Waals surface area contributed by atoms with Crippen LogP contribution in [0.4, 0.5) is 4.79 Å². The van der Waals surface area contributed by atoms with Crippen molar-refractivity contribution in [1.29, 1.82) is 0 Å². The van der Waals surface area contributed by atoms with Crippen LogP contribution in [-0.4, -0.2) is 30.8 Å². The van der Waals surface area contributed by atoms with Crippen molar-refractivity contribution < 1.29 is 9.63 Å². The molecular weight excluding hydrogens is 144 g/mol. The van der Waals surface area contributed by atoms with E-state index in [9.17, 15) is 4.79 Å². The van der Waals surface area contributed by atoms with Crippen molar-refractivity contribution in [2.24, 2.45) is 5.92 Å². The van der Waals surface area contributed by atoms with E-state index >= 15 is 0 Å². The average Bonchev–Trinajstić information content (AvgIpc) is 2.30. The van der Waals surface area contributed by atoms with Gasteiger partial charge >= 0.3 is 6.03 Å². The van der Waals surface area contributed by atoms with Crippen LogP contribution in [0.1, 0.15) is 13.8 Å². The number of hydrogen-bond acceptors (Lipinski definition) is 2. The van der Waals surface area contributed by atoms with E-state index in [1.165, 1.54) is 12.2 Å². The predicted octanol–water partition coefficient (Wildman–Crippen LogP) is 0.598. The fourth-order valence-corrected chi connectivity index (χ4v) is 1.23. The maximum absolute atomic E-state index is 11.0. The van der Waals surface area contributed by atoms with E-state index in [0.717, 1.165) is 0 Å². The molecule has 0 bridgehead atoms. The van der Waals surface area contributed by atoms with Crippen LogP contribution in [0, 0.1) is 5.92 Å². The van der Waals surface area contributed by atoms with Crippen LogP contribution < -0.4 is 5.32 Å². The molecule has 4 heteroatoms. The molecule has 11 heavy (non-hydrogen) atoms. The second-order valence-corrected chi connectivity index (χ2v) is 3.01. The zero-order valence-electron chi connectivity index (χ0n) is 7.13. The molecule has 1 aliphatic rings. The molecule has 0 spiro atoms. The first-order chi connectivity index (χ1) is 5.16. The Hall–Kier alpha value is -0.770. The maximum atomic E-state index is 11.0. The van der Waals surface area contributed by atoms with Gasteiger partial charge in [0.05, 0.1) is 13.2 Å². The zero-order chi connectivity index (χ0) is 8.43. The van der Waals surface area contributed by atoms with Crippen molar-refractivity contribution in [3.05, 3.63) is 0 Å². The van der Waals surface area contributed by atoms with E-state index in [2.05, 4.69) is 19.2 Å². The Kier molecular flexibility index (Phi) is 2.34. The number of hydrogen-bond donors (Lipinski definition) is 1. The van der Waals surface area contributed by atoms with Crippen molar-refractivity contribution >= 4 is 6.03 Å². The molecule has 1 N–H and O–H groups in total. The lowest BCUT2D eigenvalue weighted by Crippen LogP contribution is -2.36. The van der Waals surface area contributed by atoms with Gasteiger partial charge in [-0.1, -0.05) is 13.8 Å². The van der Waals surface area contributed by atoms with E-state index in [0.29, 0.717) is 12.5 Å². The van der Waals surface area contributed by atoms with E-state index in [1.807, 2.05) is 0 Å². The minimum Gasteiger partial charge on any atom is -0.334 e. The molecule has 0 saturated carbocycles. The lowest BCUT2D eigenvalue weighted by molar-refractivity contribution is -0.108. The SMILES string of the molecule is CON1C(=O)NCC1C(C)C. The molecule has 1 rings (SSSR count). The number of carbonyl (C=O) groups is 1. The Morgan fingerprint density at radius 1 is 1.73 bits per heavy atom. The first-order valence-electron chi connectivity index (χ1n) is 3.78. The fraction of sp³-hybridized carbons (Fsp3) is 0.857. The van der Waals surface area contributed by atoms with Gasteiger partial charge in [-0.2, -0.15) is 5.06 Å². The van der Waals surface area contributed by atoms with Crippen LogP contribution >= 0.6 is 0 Å². The number of nitrogens with one attached hydrogen (secondary N) is 1. The number of amides is 2. The highest BCUT2D eigenvalue weighted by Gasteiger charge is 2.32. The van der Waals surface area contributed by atoms with Gasteiger partial charge in [0.15, 0.2) is 0 Å². The highest BCUT2D eigenvalue weighted by Crippen LogP contribution is 2.14. The minimum atomic E-state index is -0.133. The van der Waals surface area contributed by atoms with Crippen LogP contribution in [0.2, 0.25) is 0 Å². The molecule has 64 valence electrons. The summed E-state index contributed by atoms with van der Waals surface area (Å²) in [6.07, 6.45) is 0. The summed E-state index contributed by atoms with van der Waals surface area (Å²) in [4.78, 5) is 15.9. The van der Waals surface area contributed by atoms with Gasteiger partial charge in [-0.05, 0) is 5.92 Å². The number of urea groups is 1. The van der Waals surface area contributed by atoms with E-state index in [1.54, 1.807) is 0 Å². The summed E-state index contributed by atoms with van der Waals surface area (Å²) in [6, 6.07) is 0.0405. The molecule has 0 aliphatic carbocycles. The summed E-state index contributed by atoms with van der Waals surface area (Å²) in [7, 11) is 1.51. The number of nitrogens with zero attached hydrogens (tertiary/aromatic N) is 1. The monoisotopic (exact) mass is 158 g/mol. The van der Waals surface area contributed by atoms with Crippen molar-refractivity contribution in [3.8, 4) is 0 Å². The molecule has 0 aromatic heterocycles. The summed E-state index contributed by atoms with van der Waals surface area (Å²) in [5.41, 5.74) is 0. The first-order valence-corrected chi connectivity index (χ1v) is 3.78. The summed E-state index contributed by atoms with van der Waals surface area (Å²) in [5, 5.41) is 4.11. The molecule has 1 atom stereocenters. The molecule has 1 unspecified atom stereocenters. The van der Waals surface area contributed by atoms with Gasteiger partial charge in [0.2, 0.25) is 0 Å². The van der Waals surface area contributed by atoms with E-state index in [-0.39, 0.29) is 12.1 Å². The summed E-state index contributed by atoms with van der Waals surface area (Å²) in [5.74, 6) is 0.425. The molecule has 0 aromatic carbocycles. The predicted molar refractivity (Wildman–Crippen MR) is 40.9 cm³/mol. The molecule has 1 fully saturated rings. The van der Waals surface area contributed by atoms with Crippen molar-refractivity contribution in [3.63, 3.8) is 0 Å². The number of rotatable bonds is 2. The van der Waals surface area contributed by atoms with Gasteiger partial charge in [-0.3, -0.25) is 4.84 Å². The summed E-state index contributed by atoms with van der Waals surface area (Å²) < 4.78 is 0. The Morgan fingerprint density at radius 2 is 2.36 bits per heavy atom.